The Hall–Kier alpha value is -2.94. The Kier molecular flexibility index (Phi) is 2.63. The van der Waals surface area contributed by atoms with Crippen LogP contribution in [-0.2, 0) is 0 Å². The molecule has 3 nitrogen and oxygen atoms in total. The summed E-state index contributed by atoms with van der Waals surface area (Å²) in [4.78, 5) is 0. The van der Waals surface area contributed by atoms with Gasteiger partial charge in [-0.25, -0.2) is 0 Å². The number of hydrogen-bond donors (Lipinski definition) is 3. The molecule has 3 aromatic carbocycles. The van der Waals surface area contributed by atoms with Crippen molar-refractivity contribution in [2.75, 3.05) is 0 Å². The Balaban J connectivity index is 2.00. The lowest BCUT2D eigenvalue weighted by Crippen LogP contribution is -1.99. The molecule has 0 spiro atoms. The van der Waals surface area contributed by atoms with Gasteiger partial charge in [0.15, 0.2) is 17.2 Å². The Morgan fingerprint density at radius 2 is 1.09 bits per heavy atom. The van der Waals surface area contributed by atoms with Gasteiger partial charge >= 0.3 is 0 Å². The predicted molar refractivity (Wildman–Crippen MR) is 84.3 cm³/mol. The fourth-order valence-corrected chi connectivity index (χ4v) is 3.31. The van der Waals surface area contributed by atoms with Gasteiger partial charge in [-0.15, -0.1) is 0 Å². The van der Waals surface area contributed by atoms with Crippen LogP contribution in [0.4, 0.5) is 0 Å². The lowest BCUT2D eigenvalue weighted by molar-refractivity contribution is 0.367. The summed E-state index contributed by atoms with van der Waals surface area (Å²) in [6, 6.07) is 19.3. The van der Waals surface area contributed by atoms with Gasteiger partial charge in [-0.3, -0.25) is 0 Å². The summed E-state index contributed by atoms with van der Waals surface area (Å²) in [5.41, 5.74) is 5.34. The van der Waals surface area contributed by atoms with Gasteiger partial charge in [-0.05, 0) is 39.9 Å². The van der Waals surface area contributed by atoms with Crippen LogP contribution in [0, 0.1) is 0 Å². The molecule has 0 saturated carbocycles. The topological polar surface area (TPSA) is 60.7 Å². The molecule has 0 aromatic heterocycles. The lowest BCUT2D eigenvalue weighted by Gasteiger charge is -2.15. The van der Waals surface area contributed by atoms with Gasteiger partial charge in [0.2, 0.25) is 0 Å². The number of hydrogen-bond acceptors (Lipinski definition) is 3. The first-order valence-corrected chi connectivity index (χ1v) is 7.10. The molecular formula is C19H14O3. The van der Waals surface area contributed by atoms with Gasteiger partial charge in [0, 0.05) is 5.92 Å². The molecular weight excluding hydrogens is 276 g/mol. The average Bonchev–Trinajstić information content (AvgIpc) is 2.87. The molecule has 0 amide bonds. The van der Waals surface area contributed by atoms with Crippen LogP contribution in [0.5, 0.6) is 17.2 Å². The molecule has 22 heavy (non-hydrogen) atoms. The van der Waals surface area contributed by atoms with E-state index in [1.54, 1.807) is 0 Å². The minimum Gasteiger partial charge on any atom is -0.504 e. The lowest BCUT2D eigenvalue weighted by atomic mass is 9.89. The van der Waals surface area contributed by atoms with Gasteiger partial charge in [0.1, 0.15) is 0 Å². The smallest absolute Gasteiger partial charge is 0.200 e. The fourth-order valence-electron chi connectivity index (χ4n) is 3.31. The van der Waals surface area contributed by atoms with Crippen molar-refractivity contribution >= 4 is 0 Å². The van der Waals surface area contributed by atoms with Crippen LogP contribution in [0.1, 0.15) is 22.6 Å². The van der Waals surface area contributed by atoms with Crippen LogP contribution >= 0.6 is 0 Å². The second kappa shape index (κ2) is 4.53. The van der Waals surface area contributed by atoms with Gasteiger partial charge in [0.05, 0.1) is 0 Å². The van der Waals surface area contributed by atoms with Crippen LogP contribution in [0.25, 0.3) is 11.1 Å². The molecule has 0 aliphatic heterocycles. The highest BCUT2D eigenvalue weighted by Crippen LogP contribution is 2.49. The first kappa shape index (κ1) is 12.8. The zero-order chi connectivity index (χ0) is 15.3. The second-order valence-electron chi connectivity index (χ2n) is 5.52. The standard InChI is InChI=1S/C19H14O3/c20-16-9-11(10-17(21)19(16)22)18-14-7-3-1-5-12(14)13-6-2-4-8-15(13)18/h1-10,18,20-22H. The van der Waals surface area contributed by atoms with Crippen molar-refractivity contribution in [3.05, 3.63) is 77.4 Å². The van der Waals surface area contributed by atoms with E-state index >= 15 is 0 Å². The van der Waals surface area contributed by atoms with Crippen molar-refractivity contribution in [3.8, 4) is 28.4 Å². The maximum Gasteiger partial charge on any atom is 0.200 e. The summed E-state index contributed by atoms with van der Waals surface area (Å²) < 4.78 is 0. The van der Waals surface area contributed by atoms with Crippen molar-refractivity contribution < 1.29 is 15.3 Å². The third-order valence-electron chi connectivity index (χ3n) is 4.26. The van der Waals surface area contributed by atoms with Gasteiger partial charge in [0.25, 0.3) is 0 Å². The molecule has 108 valence electrons. The van der Waals surface area contributed by atoms with E-state index in [4.69, 9.17) is 0 Å². The van der Waals surface area contributed by atoms with Crippen LogP contribution in [0.15, 0.2) is 60.7 Å². The van der Waals surface area contributed by atoms with E-state index < -0.39 is 5.75 Å². The van der Waals surface area contributed by atoms with Crippen molar-refractivity contribution in [3.63, 3.8) is 0 Å². The number of phenols is 3. The van der Waals surface area contributed by atoms with Crippen molar-refractivity contribution in [2.45, 2.75) is 5.92 Å². The fraction of sp³-hybridized carbons (Fsp3) is 0.0526. The molecule has 0 fully saturated rings. The number of benzene rings is 3. The first-order valence-electron chi connectivity index (χ1n) is 7.10. The van der Waals surface area contributed by atoms with Crippen LogP contribution in [-0.4, -0.2) is 15.3 Å². The number of aromatic hydroxyl groups is 3. The Labute approximate surface area is 127 Å². The van der Waals surface area contributed by atoms with Crippen LogP contribution < -0.4 is 0 Å². The van der Waals surface area contributed by atoms with E-state index in [0.29, 0.717) is 0 Å². The molecule has 0 saturated heterocycles. The largest absolute Gasteiger partial charge is 0.504 e. The highest BCUT2D eigenvalue weighted by atomic mass is 16.3. The van der Waals surface area contributed by atoms with Crippen molar-refractivity contribution in [2.24, 2.45) is 0 Å². The van der Waals surface area contributed by atoms with Crippen LogP contribution in [0.2, 0.25) is 0 Å². The minimum atomic E-state index is -0.483. The third kappa shape index (κ3) is 1.69. The summed E-state index contributed by atoms with van der Waals surface area (Å²) in [6.07, 6.45) is 0. The third-order valence-corrected chi connectivity index (χ3v) is 4.26. The normalized spacial score (nSPS) is 12.9. The summed E-state index contributed by atoms with van der Waals surface area (Å²) >= 11 is 0. The van der Waals surface area contributed by atoms with Gasteiger partial charge < -0.3 is 15.3 Å². The zero-order valence-electron chi connectivity index (χ0n) is 11.7. The van der Waals surface area contributed by atoms with Crippen molar-refractivity contribution in [1.82, 2.24) is 0 Å². The summed E-state index contributed by atoms with van der Waals surface area (Å²) in [7, 11) is 0. The van der Waals surface area contributed by atoms with E-state index in [1.807, 2.05) is 24.3 Å². The molecule has 0 heterocycles. The molecule has 3 aromatic rings. The minimum absolute atomic E-state index is 0.0650. The van der Waals surface area contributed by atoms with E-state index in [9.17, 15) is 15.3 Å². The quantitative estimate of drug-likeness (QED) is 0.465. The zero-order valence-corrected chi connectivity index (χ0v) is 11.7. The highest BCUT2D eigenvalue weighted by Gasteiger charge is 2.30. The highest BCUT2D eigenvalue weighted by molar-refractivity contribution is 5.80. The van der Waals surface area contributed by atoms with Crippen molar-refractivity contribution in [1.29, 1.82) is 0 Å². The van der Waals surface area contributed by atoms with E-state index in [-0.39, 0.29) is 17.4 Å². The monoisotopic (exact) mass is 290 g/mol. The molecule has 0 unspecified atom stereocenters. The molecule has 0 bridgehead atoms. The summed E-state index contributed by atoms with van der Waals surface area (Å²) in [6.45, 7) is 0. The Morgan fingerprint density at radius 1 is 0.636 bits per heavy atom. The maximum atomic E-state index is 9.83. The molecule has 1 aliphatic rings. The van der Waals surface area contributed by atoms with Gasteiger partial charge in [-0.1, -0.05) is 48.5 Å². The average molecular weight is 290 g/mol. The molecule has 0 radical (unpaired) electrons. The SMILES string of the molecule is Oc1cc(C2c3ccccc3-c3ccccc32)cc(O)c1O. The second-order valence-corrected chi connectivity index (χ2v) is 5.52. The molecule has 0 atom stereocenters. The molecule has 1 aliphatic carbocycles. The number of fused-ring (bicyclic) bond motifs is 3. The Bertz CT molecular complexity index is 815. The van der Waals surface area contributed by atoms with Gasteiger partial charge in [-0.2, -0.15) is 0 Å². The number of phenolic OH excluding ortho intramolecular Hbond substituents is 3. The molecule has 4 rings (SSSR count). The van der Waals surface area contributed by atoms with E-state index in [1.165, 1.54) is 12.1 Å². The summed E-state index contributed by atoms with van der Waals surface area (Å²) in [5.74, 6) is -1.16. The summed E-state index contributed by atoms with van der Waals surface area (Å²) in [5, 5.41) is 29.2. The van der Waals surface area contributed by atoms with E-state index in [2.05, 4.69) is 24.3 Å². The van der Waals surface area contributed by atoms with E-state index in [0.717, 1.165) is 27.8 Å². The number of rotatable bonds is 1. The maximum absolute atomic E-state index is 9.83. The van der Waals surface area contributed by atoms with Crippen LogP contribution in [0.3, 0.4) is 0 Å². The molecule has 3 heteroatoms. The predicted octanol–water partition coefficient (Wildman–Crippen LogP) is 3.96. The molecule has 3 N–H and O–H groups in total. The first-order chi connectivity index (χ1) is 10.7. The Morgan fingerprint density at radius 3 is 1.59 bits per heavy atom.